The van der Waals surface area contributed by atoms with Crippen molar-refractivity contribution in [3.8, 4) is 0 Å². The summed E-state index contributed by atoms with van der Waals surface area (Å²) in [5.74, 6) is -5.22. The van der Waals surface area contributed by atoms with E-state index in [1.54, 1.807) is 20.8 Å². The number of esters is 3. The molecule has 0 aromatic heterocycles. The van der Waals surface area contributed by atoms with E-state index in [2.05, 4.69) is 0 Å². The summed E-state index contributed by atoms with van der Waals surface area (Å²) in [5, 5.41) is 46.1. The maximum Gasteiger partial charge on any atom is 0.343 e. The van der Waals surface area contributed by atoms with Crippen LogP contribution in [0.2, 0.25) is 0 Å². The molecule has 6 fully saturated rings. The predicted molar refractivity (Wildman–Crippen MR) is 93.4 cm³/mol. The van der Waals surface area contributed by atoms with Crippen LogP contribution < -0.4 is 0 Å². The second-order valence-electron chi connectivity index (χ2n) is 10.8. The molecule has 0 aromatic rings. The van der Waals surface area contributed by atoms with Gasteiger partial charge in [0.05, 0.1) is 22.9 Å². The first-order valence-electron chi connectivity index (χ1n) is 10.3. The van der Waals surface area contributed by atoms with Gasteiger partial charge in [0.2, 0.25) is 11.9 Å². The van der Waals surface area contributed by atoms with Gasteiger partial charge in [-0.15, -0.1) is 0 Å². The van der Waals surface area contributed by atoms with Crippen LogP contribution in [0.25, 0.3) is 0 Å². The SMILES string of the molecule is C[C@@H]1C(=O)O[C@H]2[C@@H](O)[C@]34[C@@H]5OC(=O)[C@]3(O[C@@H]3OC(=O)[C@H](O)[C@@]34[C@H](C(C)(C)C)[C@H]5O)[C@@]12O. The third-order valence-corrected chi connectivity index (χ3v) is 8.95. The van der Waals surface area contributed by atoms with Crippen LogP contribution in [0, 0.1) is 28.1 Å². The van der Waals surface area contributed by atoms with E-state index in [0.717, 1.165) is 0 Å². The molecule has 2 spiro atoms. The average Bonchev–Trinajstić information content (AvgIpc) is 3.35. The lowest BCUT2D eigenvalue weighted by atomic mass is 9.51. The van der Waals surface area contributed by atoms with Crippen LogP contribution in [-0.2, 0) is 33.3 Å². The zero-order valence-electron chi connectivity index (χ0n) is 17.3. The molecule has 0 unspecified atom stereocenters. The van der Waals surface area contributed by atoms with Gasteiger partial charge in [0.15, 0.2) is 17.8 Å². The molecule has 11 heteroatoms. The van der Waals surface area contributed by atoms with E-state index >= 15 is 0 Å². The molecule has 6 aliphatic rings. The first-order valence-corrected chi connectivity index (χ1v) is 10.3. The predicted octanol–water partition coefficient (Wildman–Crippen LogP) is -2.40. The monoisotopic (exact) mass is 440 g/mol. The topological polar surface area (TPSA) is 169 Å². The summed E-state index contributed by atoms with van der Waals surface area (Å²) in [6, 6.07) is 0. The fourth-order valence-corrected chi connectivity index (χ4v) is 8.27. The van der Waals surface area contributed by atoms with Gasteiger partial charge in [0.25, 0.3) is 0 Å². The summed E-state index contributed by atoms with van der Waals surface area (Å²) in [6.07, 6.45) is -9.69. The number of aliphatic hydroxyl groups is 4. The highest BCUT2D eigenvalue weighted by molar-refractivity contribution is 5.94. The number of rotatable bonds is 0. The summed E-state index contributed by atoms with van der Waals surface area (Å²) >= 11 is 0. The van der Waals surface area contributed by atoms with Crippen molar-refractivity contribution in [3.63, 3.8) is 0 Å². The molecule has 2 aliphatic carbocycles. The number of carbonyl (C=O) groups is 3. The second-order valence-corrected chi connectivity index (χ2v) is 10.8. The summed E-state index contributed by atoms with van der Waals surface area (Å²) in [6.45, 7) is 6.63. The lowest BCUT2D eigenvalue weighted by Crippen LogP contribution is -2.67. The Bertz CT molecular complexity index is 957. The van der Waals surface area contributed by atoms with Crippen molar-refractivity contribution in [1.29, 1.82) is 0 Å². The summed E-state index contributed by atoms with van der Waals surface area (Å²) in [4.78, 5) is 38.3. The van der Waals surface area contributed by atoms with Crippen molar-refractivity contribution in [3.05, 3.63) is 0 Å². The Kier molecular flexibility index (Phi) is 3.15. The number of carbonyl (C=O) groups excluding carboxylic acids is 3. The van der Waals surface area contributed by atoms with Crippen LogP contribution in [0.15, 0.2) is 0 Å². The average molecular weight is 440 g/mol. The summed E-state index contributed by atoms with van der Waals surface area (Å²) in [5.41, 5.74) is -9.40. The Hall–Kier alpha value is -1.79. The molecule has 0 bridgehead atoms. The van der Waals surface area contributed by atoms with Crippen molar-refractivity contribution in [2.45, 2.75) is 75.7 Å². The summed E-state index contributed by atoms with van der Waals surface area (Å²) in [7, 11) is 0. The van der Waals surface area contributed by atoms with Crippen LogP contribution in [0.3, 0.4) is 0 Å². The van der Waals surface area contributed by atoms with Gasteiger partial charge in [-0.1, -0.05) is 20.8 Å². The highest BCUT2D eigenvalue weighted by Crippen LogP contribution is 2.84. The van der Waals surface area contributed by atoms with Crippen LogP contribution in [0.5, 0.6) is 0 Å². The molecular formula is C20H24O11. The maximum absolute atomic E-state index is 13.4. The van der Waals surface area contributed by atoms with Gasteiger partial charge < -0.3 is 39.4 Å². The van der Waals surface area contributed by atoms with Crippen molar-refractivity contribution in [2.24, 2.45) is 28.1 Å². The van der Waals surface area contributed by atoms with Crippen molar-refractivity contribution >= 4 is 17.9 Å². The van der Waals surface area contributed by atoms with Gasteiger partial charge in [-0.25, -0.2) is 9.59 Å². The normalized spacial score (nSPS) is 61.0. The van der Waals surface area contributed by atoms with Crippen LogP contribution in [-0.4, -0.2) is 86.3 Å². The lowest BCUT2D eigenvalue weighted by Gasteiger charge is -2.47. The van der Waals surface area contributed by atoms with E-state index in [1.165, 1.54) is 6.92 Å². The number of hydrogen-bond acceptors (Lipinski definition) is 11. The largest absolute Gasteiger partial charge is 0.456 e. The molecule has 4 N–H and O–H groups in total. The molecule has 11 nitrogen and oxygen atoms in total. The zero-order valence-corrected chi connectivity index (χ0v) is 17.3. The number of hydrogen-bond donors (Lipinski definition) is 4. The van der Waals surface area contributed by atoms with E-state index in [0.29, 0.717) is 0 Å². The molecule has 170 valence electrons. The zero-order chi connectivity index (χ0) is 22.7. The second kappa shape index (κ2) is 4.91. The Morgan fingerprint density at radius 2 is 1.58 bits per heavy atom. The first-order chi connectivity index (χ1) is 14.3. The van der Waals surface area contributed by atoms with E-state index < -0.39 is 94.0 Å². The van der Waals surface area contributed by atoms with Crippen molar-refractivity contribution in [2.75, 3.05) is 0 Å². The lowest BCUT2D eigenvalue weighted by molar-refractivity contribution is -0.240. The minimum atomic E-state index is -2.40. The highest BCUT2D eigenvalue weighted by Gasteiger charge is 3.05. The van der Waals surface area contributed by atoms with Gasteiger partial charge in [0, 0.05) is 5.92 Å². The van der Waals surface area contributed by atoms with Crippen LogP contribution in [0.1, 0.15) is 27.7 Å². The molecule has 31 heavy (non-hydrogen) atoms. The Labute approximate surface area is 176 Å². The highest BCUT2D eigenvalue weighted by atomic mass is 16.8. The molecule has 4 aliphatic heterocycles. The quantitative estimate of drug-likeness (QED) is 0.234. The fourth-order valence-electron chi connectivity index (χ4n) is 8.27. The van der Waals surface area contributed by atoms with E-state index in [1.807, 2.05) is 0 Å². The Balaban J connectivity index is 1.75. The Morgan fingerprint density at radius 1 is 0.935 bits per heavy atom. The van der Waals surface area contributed by atoms with Gasteiger partial charge in [-0.05, 0) is 12.3 Å². The van der Waals surface area contributed by atoms with Gasteiger partial charge in [-0.2, -0.15) is 0 Å². The molecule has 6 rings (SSSR count). The minimum absolute atomic E-state index is 0.792. The minimum Gasteiger partial charge on any atom is -0.456 e. The standard InChI is InChI=1S/C20H24O11/c1-5-12(24)28-11-8(22)18-10-6(21)7(16(2,3)4)17(18)9(23)13(25)30-15(17)31-20(18,14(26)29-10)19(5,11)27/h5-11,15,21-23,27H,1-4H3/t5-,6-,7+,8-,9+,10-,11+,15+,17+,18-,19-,20-/m1/s1. The van der Waals surface area contributed by atoms with Crippen molar-refractivity contribution in [1.82, 2.24) is 0 Å². The van der Waals surface area contributed by atoms with E-state index in [4.69, 9.17) is 18.9 Å². The first kappa shape index (κ1) is 19.9. The third-order valence-electron chi connectivity index (χ3n) is 8.95. The van der Waals surface area contributed by atoms with Crippen LogP contribution >= 0.6 is 0 Å². The molecule has 0 amide bonds. The van der Waals surface area contributed by atoms with Gasteiger partial charge in [-0.3, -0.25) is 4.79 Å². The maximum atomic E-state index is 13.4. The molecule has 4 saturated heterocycles. The molecular weight excluding hydrogens is 416 g/mol. The molecule has 0 radical (unpaired) electrons. The molecule has 0 aromatic carbocycles. The van der Waals surface area contributed by atoms with Gasteiger partial charge >= 0.3 is 17.9 Å². The smallest absolute Gasteiger partial charge is 0.343 e. The Morgan fingerprint density at radius 3 is 2.19 bits per heavy atom. The van der Waals surface area contributed by atoms with Crippen molar-refractivity contribution < 1.29 is 53.8 Å². The molecule has 12 atom stereocenters. The fraction of sp³-hybridized carbons (Fsp3) is 0.850. The molecule has 2 saturated carbocycles. The van der Waals surface area contributed by atoms with E-state index in [-0.39, 0.29) is 0 Å². The van der Waals surface area contributed by atoms with Crippen LogP contribution in [0.4, 0.5) is 0 Å². The van der Waals surface area contributed by atoms with E-state index in [9.17, 15) is 34.8 Å². The summed E-state index contributed by atoms with van der Waals surface area (Å²) < 4.78 is 22.2. The third kappa shape index (κ3) is 1.43. The van der Waals surface area contributed by atoms with Gasteiger partial charge in [0.1, 0.15) is 12.2 Å². The number of aliphatic hydroxyl groups excluding tert-OH is 3. The number of ether oxygens (including phenoxy) is 4. The molecule has 4 heterocycles. The number of fused-ring (bicyclic) bond motifs is 1.